The van der Waals surface area contributed by atoms with E-state index in [4.69, 9.17) is 14.5 Å². The molecule has 1 aliphatic heterocycles. The Hall–Kier alpha value is -3.75. The zero-order valence-corrected chi connectivity index (χ0v) is 20.9. The van der Waals surface area contributed by atoms with E-state index < -0.39 is 5.97 Å². The number of ether oxygens (including phenoxy) is 2. The molecule has 0 bridgehead atoms. The first-order valence-corrected chi connectivity index (χ1v) is 12.5. The number of aliphatic carboxylic acids is 1. The molecule has 2 aliphatic rings. The zero-order valence-electron chi connectivity index (χ0n) is 20.9. The maximum atomic E-state index is 12.6. The second kappa shape index (κ2) is 9.72. The predicted octanol–water partition coefficient (Wildman–Crippen LogP) is 5.51. The number of nitrogens with one attached hydrogen (secondary N) is 1. The Morgan fingerprint density at radius 2 is 1.86 bits per heavy atom. The number of hydrogen-bond acceptors (Lipinski definition) is 6. The molecule has 1 amide bonds. The molecular formula is C27H32N4O5. The Morgan fingerprint density at radius 1 is 1.08 bits per heavy atom. The van der Waals surface area contributed by atoms with Gasteiger partial charge in [-0.3, -0.25) is 9.69 Å². The average molecular weight is 493 g/mol. The monoisotopic (exact) mass is 492 g/mol. The van der Waals surface area contributed by atoms with Crippen molar-refractivity contribution in [2.45, 2.75) is 57.5 Å². The lowest BCUT2D eigenvalue weighted by Crippen LogP contribution is -2.42. The molecule has 2 aromatic carbocycles. The van der Waals surface area contributed by atoms with Crippen molar-refractivity contribution in [3.63, 3.8) is 0 Å². The maximum Gasteiger partial charge on any atom is 0.414 e. The van der Waals surface area contributed by atoms with Crippen LogP contribution in [0.25, 0.3) is 11.0 Å². The maximum absolute atomic E-state index is 12.6. The first-order valence-electron chi connectivity index (χ1n) is 12.5. The number of methoxy groups -OCH3 is 2. The van der Waals surface area contributed by atoms with Gasteiger partial charge in [0.1, 0.15) is 5.75 Å². The van der Waals surface area contributed by atoms with Gasteiger partial charge in [-0.05, 0) is 69.7 Å². The highest BCUT2D eigenvalue weighted by Crippen LogP contribution is 2.42. The largest absolute Gasteiger partial charge is 0.497 e. The molecule has 1 fully saturated rings. The van der Waals surface area contributed by atoms with Gasteiger partial charge >= 0.3 is 12.1 Å². The number of amides is 1. The lowest BCUT2D eigenvalue weighted by molar-refractivity contribution is -0.143. The summed E-state index contributed by atoms with van der Waals surface area (Å²) in [6.07, 6.45) is 4.05. The number of carboxylic acids is 1. The molecule has 0 spiro atoms. The van der Waals surface area contributed by atoms with Gasteiger partial charge in [-0.25, -0.2) is 9.78 Å². The molecule has 36 heavy (non-hydrogen) atoms. The van der Waals surface area contributed by atoms with Crippen LogP contribution < -0.4 is 15.0 Å². The number of nitrogens with zero attached hydrogens (tertiary/aromatic N) is 3. The highest BCUT2D eigenvalue weighted by Gasteiger charge is 2.33. The Labute approximate surface area is 210 Å². The van der Waals surface area contributed by atoms with Crippen LogP contribution in [0.4, 0.5) is 22.1 Å². The molecule has 9 heteroatoms. The third-order valence-electron chi connectivity index (χ3n) is 7.56. The fourth-order valence-electron chi connectivity index (χ4n) is 5.64. The van der Waals surface area contributed by atoms with Crippen LogP contribution in [0.3, 0.4) is 0 Å². The molecule has 2 N–H and O–H groups in total. The number of hydrogen-bond donors (Lipinski definition) is 2. The van der Waals surface area contributed by atoms with Crippen molar-refractivity contribution < 1.29 is 24.2 Å². The van der Waals surface area contributed by atoms with Crippen LogP contribution in [-0.4, -0.2) is 47.0 Å². The molecule has 190 valence electrons. The van der Waals surface area contributed by atoms with Crippen LogP contribution in [0.15, 0.2) is 36.4 Å². The lowest BCUT2D eigenvalue weighted by Gasteiger charge is -2.34. The molecule has 5 rings (SSSR count). The molecule has 1 aromatic heterocycles. The fourth-order valence-corrected chi connectivity index (χ4v) is 5.64. The van der Waals surface area contributed by atoms with E-state index in [0.717, 1.165) is 59.4 Å². The minimum atomic E-state index is -0.718. The van der Waals surface area contributed by atoms with Crippen molar-refractivity contribution in [3.05, 3.63) is 42.0 Å². The molecule has 1 saturated carbocycles. The summed E-state index contributed by atoms with van der Waals surface area (Å²) in [5, 5.41) is 13.0. The minimum Gasteiger partial charge on any atom is -0.497 e. The van der Waals surface area contributed by atoms with Gasteiger partial charge in [0.2, 0.25) is 5.95 Å². The van der Waals surface area contributed by atoms with Crippen molar-refractivity contribution >= 4 is 40.4 Å². The molecule has 0 saturated heterocycles. The van der Waals surface area contributed by atoms with E-state index in [1.807, 2.05) is 43.3 Å². The molecule has 0 unspecified atom stereocenters. The summed E-state index contributed by atoms with van der Waals surface area (Å²) in [6.45, 7) is 2.03. The van der Waals surface area contributed by atoms with Gasteiger partial charge in [0.15, 0.2) is 0 Å². The average Bonchev–Trinajstić information content (AvgIpc) is 3.26. The molecule has 3 aromatic rings. The molecule has 0 radical (unpaired) electrons. The van der Waals surface area contributed by atoms with E-state index in [0.29, 0.717) is 18.8 Å². The minimum absolute atomic E-state index is 0.0326. The van der Waals surface area contributed by atoms with Gasteiger partial charge in [0.25, 0.3) is 0 Å². The van der Waals surface area contributed by atoms with Crippen molar-refractivity contribution in [2.24, 2.45) is 5.92 Å². The second-order valence-electron chi connectivity index (χ2n) is 9.66. The van der Waals surface area contributed by atoms with Crippen LogP contribution >= 0.6 is 0 Å². The number of carbonyl (C=O) groups excluding carboxylic acids is 1. The molecule has 9 nitrogen and oxygen atoms in total. The highest BCUT2D eigenvalue weighted by molar-refractivity contribution is 5.96. The number of imidazole rings is 1. The van der Waals surface area contributed by atoms with Crippen molar-refractivity contribution in [2.75, 3.05) is 24.4 Å². The number of rotatable bonds is 5. The third-order valence-corrected chi connectivity index (χ3v) is 7.56. The summed E-state index contributed by atoms with van der Waals surface area (Å²) >= 11 is 0. The quantitative estimate of drug-likeness (QED) is 0.484. The van der Waals surface area contributed by atoms with E-state index in [1.54, 1.807) is 12.0 Å². The van der Waals surface area contributed by atoms with E-state index in [2.05, 4.69) is 9.88 Å². The summed E-state index contributed by atoms with van der Waals surface area (Å²) in [6, 6.07) is 11.9. The molecule has 1 atom stereocenters. The zero-order chi connectivity index (χ0) is 25.4. The number of aryl methyl sites for hydroxylation is 1. The predicted molar refractivity (Wildman–Crippen MR) is 137 cm³/mol. The summed E-state index contributed by atoms with van der Waals surface area (Å²) in [5.41, 5.74) is 4.56. The Morgan fingerprint density at radius 3 is 2.56 bits per heavy atom. The van der Waals surface area contributed by atoms with Gasteiger partial charge in [-0.1, -0.05) is 6.07 Å². The molecular weight excluding hydrogens is 460 g/mol. The normalized spacial score (nSPS) is 21.6. The van der Waals surface area contributed by atoms with Crippen LogP contribution in [0.2, 0.25) is 0 Å². The Kier molecular flexibility index (Phi) is 6.47. The van der Waals surface area contributed by atoms with Gasteiger partial charge in [0, 0.05) is 29.4 Å². The Bertz CT molecular complexity index is 1290. The van der Waals surface area contributed by atoms with Gasteiger partial charge < -0.3 is 24.5 Å². The first kappa shape index (κ1) is 24.0. The SMILES string of the molecule is COC(=O)N1c2ccc3c(nc(Nc4cccc(OC)c4)n3C3CCC(C(=O)O)CC3)c2CC[C@@H]1C. The highest BCUT2D eigenvalue weighted by atomic mass is 16.5. The number of anilines is 3. The number of fused-ring (bicyclic) bond motifs is 3. The summed E-state index contributed by atoms with van der Waals surface area (Å²) in [4.78, 5) is 30.9. The van der Waals surface area contributed by atoms with Crippen molar-refractivity contribution in [1.29, 1.82) is 0 Å². The Balaban J connectivity index is 1.61. The topological polar surface area (TPSA) is 106 Å². The first-order chi connectivity index (χ1) is 17.4. The smallest absolute Gasteiger partial charge is 0.414 e. The van der Waals surface area contributed by atoms with Crippen molar-refractivity contribution in [3.8, 4) is 5.75 Å². The van der Waals surface area contributed by atoms with E-state index in [1.165, 1.54) is 7.11 Å². The number of carbonyl (C=O) groups is 2. The van der Waals surface area contributed by atoms with Crippen LogP contribution in [0.5, 0.6) is 5.75 Å². The summed E-state index contributed by atoms with van der Waals surface area (Å²) in [5.74, 6) is 0.428. The van der Waals surface area contributed by atoms with Crippen molar-refractivity contribution in [1.82, 2.24) is 9.55 Å². The fraction of sp³-hybridized carbons (Fsp3) is 0.444. The van der Waals surface area contributed by atoms with Crippen LogP contribution in [-0.2, 0) is 16.0 Å². The van der Waals surface area contributed by atoms with E-state index >= 15 is 0 Å². The lowest BCUT2D eigenvalue weighted by atomic mass is 9.86. The number of benzene rings is 2. The molecule has 1 aliphatic carbocycles. The number of aromatic nitrogens is 2. The third kappa shape index (κ3) is 4.23. The second-order valence-corrected chi connectivity index (χ2v) is 9.66. The van der Waals surface area contributed by atoms with E-state index in [-0.39, 0.29) is 24.1 Å². The standard InChI is InChI=1S/C27H32N4O5/c1-16-7-12-21-22(30(16)27(34)36-3)13-14-23-24(21)29-26(28-18-5-4-6-20(15-18)35-2)31(23)19-10-8-17(9-11-19)25(32)33/h4-6,13-17,19H,7-12H2,1-3H3,(H,28,29)(H,32,33)/t16-,17?,19?/m0/s1. The summed E-state index contributed by atoms with van der Waals surface area (Å²) < 4.78 is 12.7. The number of carboxylic acid groups (broad SMARTS) is 1. The summed E-state index contributed by atoms with van der Waals surface area (Å²) in [7, 11) is 3.04. The van der Waals surface area contributed by atoms with Gasteiger partial charge in [0.05, 0.1) is 36.9 Å². The molecule has 2 heterocycles. The van der Waals surface area contributed by atoms with Crippen LogP contribution in [0.1, 0.15) is 50.6 Å². The van der Waals surface area contributed by atoms with Gasteiger partial charge in [-0.15, -0.1) is 0 Å². The van der Waals surface area contributed by atoms with Gasteiger partial charge in [-0.2, -0.15) is 0 Å². The van der Waals surface area contributed by atoms with Crippen LogP contribution in [0, 0.1) is 5.92 Å². The van der Waals surface area contributed by atoms with E-state index in [9.17, 15) is 14.7 Å².